The van der Waals surface area contributed by atoms with Crippen LogP contribution in [0.5, 0.6) is 0 Å². The van der Waals surface area contributed by atoms with Crippen molar-refractivity contribution in [1.29, 1.82) is 0 Å². The molecule has 2 heteroatoms. The highest BCUT2D eigenvalue weighted by atomic mass is 16.5. The van der Waals surface area contributed by atoms with Crippen LogP contribution < -0.4 is 0 Å². The predicted molar refractivity (Wildman–Crippen MR) is 88.0 cm³/mol. The van der Waals surface area contributed by atoms with E-state index in [0.717, 1.165) is 49.8 Å². The zero-order valence-electron chi connectivity index (χ0n) is 13.6. The van der Waals surface area contributed by atoms with Crippen molar-refractivity contribution in [3.8, 4) is 11.8 Å². The van der Waals surface area contributed by atoms with Crippen LogP contribution in [0.3, 0.4) is 0 Å². The first-order valence-corrected chi connectivity index (χ1v) is 8.05. The third kappa shape index (κ3) is 6.80. The van der Waals surface area contributed by atoms with Gasteiger partial charge in [0.15, 0.2) is 0 Å². The van der Waals surface area contributed by atoms with Crippen LogP contribution in [0.4, 0.5) is 0 Å². The molecule has 1 N–H and O–H groups in total. The molecule has 0 fully saturated rings. The lowest BCUT2D eigenvalue weighted by atomic mass is 9.93. The zero-order chi connectivity index (χ0) is 15.6. The van der Waals surface area contributed by atoms with E-state index < -0.39 is 5.60 Å². The molecule has 0 aliphatic heterocycles. The highest BCUT2D eigenvalue weighted by Crippen LogP contribution is 2.18. The van der Waals surface area contributed by atoms with Crippen molar-refractivity contribution in [3.05, 3.63) is 35.4 Å². The number of rotatable bonds is 8. The summed E-state index contributed by atoms with van der Waals surface area (Å²) in [5.74, 6) is 6.20. The molecule has 1 aromatic rings. The average molecular weight is 288 g/mol. The molecular weight excluding hydrogens is 260 g/mol. The van der Waals surface area contributed by atoms with Crippen LogP contribution in [0, 0.1) is 11.8 Å². The van der Waals surface area contributed by atoms with Gasteiger partial charge in [-0.2, -0.15) is 0 Å². The molecule has 0 bridgehead atoms. The molecule has 0 amide bonds. The van der Waals surface area contributed by atoms with Crippen molar-refractivity contribution >= 4 is 0 Å². The van der Waals surface area contributed by atoms with Crippen molar-refractivity contribution in [2.45, 2.75) is 65.1 Å². The van der Waals surface area contributed by atoms with Gasteiger partial charge in [-0.05, 0) is 37.0 Å². The molecule has 0 heterocycles. The summed E-state index contributed by atoms with van der Waals surface area (Å²) in [6.07, 6.45) is 4.37. The summed E-state index contributed by atoms with van der Waals surface area (Å²) in [6, 6.07) is 8.06. The molecule has 0 saturated carbocycles. The van der Waals surface area contributed by atoms with Gasteiger partial charge < -0.3 is 9.84 Å². The largest absolute Gasteiger partial charge is 0.378 e. The third-order valence-corrected chi connectivity index (χ3v) is 3.31. The van der Waals surface area contributed by atoms with E-state index in [1.165, 1.54) is 0 Å². The summed E-state index contributed by atoms with van der Waals surface area (Å²) < 4.78 is 5.55. The molecule has 0 radical (unpaired) electrons. The Hall–Kier alpha value is -1.30. The van der Waals surface area contributed by atoms with Gasteiger partial charge in [-0.25, -0.2) is 0 Å². The first kappa shape index (κ1) is 17.8. The second-order valence-electron chi connectivity index (χ2n) is 5.53. The summed E-state index contributed by atoms with van der Waals surface area (Å²) in [7, 11) is 0. The molecule has 0 saturated heterocycles. The van der Waals surface area contributed by atoms with Crippen molar-refractivity contribution in [2.24, 2.45) is 0 Å². The smallest absolute Gasteiger partial charge is 0.125 e. The Morgan fingerprint density at radius 2 is 1.81 bits per heavy atom. The van der Waals surface area contributed by atoms with E-state index in [1.54, 1.807) is 0 Å². The van der Waals surface area contributed by atoms with E-state index in [4.69, 9.17) is 4.74 Å². The Morgan fingerprint density at radius 3 is 2.43 bits per heavy atom. The van der Waals surface area contributed by atoms with E-state index in [1.807, 2.05) is 24.3 Å². The number of benzene rings is 1. The maximum atomic E-state index is 10.5. The van der Waals surface area contributed by atoms with Crippen LogP contribution in [0.1, 0.15) is 64.0 Å². The molecule has 0 aliphatic carbocycles. The first-order chi connectivity index (χ1) is 10.1. The molecule has 0 atom stereocenters. The van der Waals surface area contributed by atoms with Gasteiger partial charge in [0.1, 0.15) is 5.60 Å². The fraction of sp³-hybridized carbons (Fsp3) is 0.579. The molecule has 0 unspecified atom stereocenters. The van der Waals surface area contributed by atoms with Gasteiger partial charge >= 0.3 is 0 Å². The van der Waals surface area contributed by atoms with Crippen LogP contribution in [0.25, 0.3) is 0 Å². The fourth-order valence-corrected chi connectivity index (χ4v) is 2.34. The second-order valence-corrected chi connectivity index (χ2v) is 5.53. The van der Waals surface area contributed by atoms with Gasteiger partial charge in [0.2, 0.25) is 0 Å². The topological polar surface area (TPSA) is 29.5 Å². The number of hydrogen-bond donors (Lipinski definition) is 1. The van der Waals surface area contributed by atoms with Crippen molar-refractivity contribution in [2.75, 3.05) is 6.61 Å². The number of hydrogen-bond acceptors (Lipinski definition) is 2. The number of aliphatic hydroxyl groups is 1. The lowest BCUT2D eigenvalue weighted by Crippen LogP contribution is -2.25. The average Bonchev–Trinajstić information content (AvgIpc) is 2.47. The summed E-state index contributed by atoms with van der Waals surface area (Å²) in [5.41, 5.74) is 1.22. The molecule has 2 nitrogen and oxygen atoms in total. The molecule has 0 spiro atoms. The standard InChI is InChI=1S/C19H28O2/c1-4-11-19(20,12-5-2)13-10-17-8-7-9-18(15-17)16-21-14-6-3/h7-9,15,20H,4-6,11-12,14,16H2,1-3H3. The van der Waals surface area contributed by atoms with Gasteiger partial charge in [-0.15, -0.1) is 0 Å². The lowest BCUT2D eigenvalue weighted by Gasteiger charge is -2.20. The maximum absolute atomic E-state index is 10.5. The van der Waals surface area contributed by atoms with Crippen LogP contribution in [-0.4, -0.2) is 17.3 Å². The van der Waals surface area contributed by atoms with E-state index in [9.17, 15) is 5.11 Å². The monoisotopic (exact) mass is 288 g/mol. The van der Waals surface area contributed by atoms with Gasteiger partial charge in [0, 0.05) is 12.2 Å². The predicted octanol–water partition coefficient (Wildman–Crippen LogP) is 4.30. The molecule has 116 valence electrons. The SMILES string of the molecule is CCCOCc1cccc(C#CC(O)(CCC)CCC)c1. The Morgan fingerprint density at radius 1 is 1.10 bits per heavy atom. The van der Waals surface area contributed by atoms with Gasteiger partial charge in [0.25, 0.3) is 0 Å². The molecule has 0 aliphatic rings. The minimum Gasteiger partial charge on any atom is -0.378 e. The Kier molecular flexibility index (Phi) is 8.12. The van der Waals surface area contributed by atoms with Crippen LogP contribution in [0.2, 0.25) is 0 Å². The van der Waals surface area contributed by atoms with Gasteiger partial charge in [0.05, 0.1) is 6.61 Å². The Balaban J connectivity index is 2.77. The van der Waals surface area contributed by atoms with Crippen LogP contribution >= 0.6 is 0 Å². The summed E-state index contributed by atoms with van der Waals surface area (Å²) in [6.45, 7) is 7.66. The van der Waals surface area contributed by atoms with E-state index in [0.29, 0.717) is 6.61 Å². The van der Waals surface area contributed by atoms with Crippen molar-refractivity contribution in [1.82, 2.24) is 0 Å². The molecule has 21 heavy (non-hydrogen) atoms. The summed E-state index contributed by atoms with van der Waals surface area (Å²) in [4.78, 5) is 0. The minimum absolute atomic E-state index is 0.623. The minimum atomic E-state index is -0.849. The van der Waals surface area contributed by atoms with Gasteiger partial charge in [-0.3, -0.25) is 0 Å². The Bertz CT molecular complexity index is 462. The molecule has 1 rings (SSSR count). The number of ether oxygens (including phenoxy) is 1. The fourth-order valence-electron chi connectivity index (χ4n) is 2.34. The van der Waals surface area contributed by atoms with Crippen LogP contribution in [0.15, 0.2) is 24.3 Å². The molecular formula is C19H28O2. The highest BCUT2D eigenvalue weighted by molar-refractivity contribution is 5.38. The van der Waals surface area contributed by atoms with E-state index in [2.05, 4.69) is 32.6 Å². The third-order valence-electron chi connectivity index (χ3n) is 3.31. The van der Waals surface area contributed by atoms with Crippen LogP contribution in [-0.2, 0) is 11.3 Å². The normalized spacial score (nSPS) is 11.0. The second kappa shape index (κ2) is 9.60. The first-order valence-electron chi connectivity index (χ1n) is 8.05. The zero-order valence-corrected chi connectivity index (χ0v) is 13.6. The molecule has 1 aromatic carbocycles. The van der Waals surface area contributed by atoms with E-state index >= 15 is 0 Å². The van der Waals surface area contributed by atoms with E-state index in [-0.39, 0.29) is 0 Å². The van der Waals surface area contributed by atoms with Crippen molar-refractivity contribution < 1.29 is 9.84 Å². The summed E-state index contributed by atoms with van der Waals surface area (Å²) in [5, 5.41) is 10.5. The lowest BCUT2D eigenvalue weighted by molar-refractivity contribution is 0.0807. The quantitative estimate of drug-likeness (QED) is 0.571. The maximum Gasteiger partial charge on any atom is 0.125 e. The van der Waals surface area contributed by atoms with Crippen molar-refractivity contribution in [3.63, 3.8) is 0 Å². The molecule has 0 aromatic heterocycles. The highest BCUT2D eigenvalue weighted by Gasteiger charge is 2.21. The van der Waals surface area contributed by atoms with Gasteiger partial charge in [-0.1, -0.05) is 57.6 Å². The summed E-state index contributed by atoms with van der Waals surface area (Å²) >= 11 is 0. The Labute approximate surface area is 129 Å².